The van der Waals surface area contributed by atoms with Crippen LogP contribution in [0.3, 0.4) is 0 Å². The maximum absolute atomic E-state index is 7.79. The van der Waals surface area contributed by atoms with Crippen LogP contribution in [0.15, 0.2) is 12.1 Å². The van der Waals surface area contributed by atoms with Crippen LogP contribution in [0, 0.1) is 5.41 Å². The normalized spacial score (nSPS) is 19.0. The van der Waals surface area contributed by atoms with Gasteiger partial charge in [0, 0.05) is 17.8 Å². The number of halogens is 1. The van der Waals surface area contributed by atoms with Gasteiger partial charge in [-0.1, -0.05) is 11.6 Å². The lowest BCUT2D eigenvalue weighted by Crippen LogP contribution is -2.26. The fourth-order valence-corrected chi connectivity index (χ4v) is 2.95. The van der Waals surface area contributed by atoms with E-state index in [0.29, 0.717) is 6.04 Å². The maximum atomic E-state index is 7.79. The van der Waals surface area contributed by atoms with Crippen LogP contribution in [-0.2, 0) is 0 Å². The summed E-state index contributed by atoms with van der Waals surface area (Å²) in [7, 11) is 0. The number of hydrogen-bond acceptors (Lipinski definition) is 2. The smallest absolute Gasteiger partial charge is 0.0963 e. The largest absolute Gasteiger partial charge is 0.353 e. The van der Waals surface area contributed by atoms with Crippen molar-refractivity contribution in [3.8, 4) is 0 Å². The Kier molecular flexibility index (Phi) is 2.79. The van der Waals surface area contributed by atoms with E-state index in [2.05, 4.69) is 17.9 Å². The average molecular weight is 229 g/mol. The summed E-state index contributed by atoms with van der Waals surface area (Å²) >= 11 is 7.51. The number of nitrogens with zero attached hydrogens (tertiary/aromatic N) is 1. The molecule has 0 saturated carbocycles. The molecule has 1 N–H and O–H groups in total. The first kappa shape index (κ1) is 9.99. The van der Waals surface area contributed by atoms with Crippen molar-refractivity contribution < 1.29 is 0 Å². The minimum absolute atomic E-state index is 0.308. The molecule has 1 saturated heterocycles. The highest BCUT2D eigenvalue weighted by Crippen LogP contribution is 2.32. The van der Waals surface area contributed by atoms with Gasteiger partial charge in [-0.2, -0.15) is 0 Å². The summed E-state index contributed by atoms with van der Waals surface area (Å²) in [6.07, 6.45) is 2.03. The van der Waals surface area contributed by atoms with E-state index in [4.69, 9.17) is 17.0 Å². The summed E-state index contributed by atoms with van der Waals surface area (Å²) in [5, 5.41) is 7.79. The molecule has 2 nitrogen and oxygen atoms in total. The first-order valence-corrected chi connectivity index (χ1v) is 5.97. The molecule has 0 spiro atoms. The summed E-state index contributed by atoms with van der Waals surface area (Å²) in [5.74, 6) is 0.766. The fourth-order valence-electron chi connectivity index (χ4n) is 1.83. The Hall–Kier alpha value is -0.540. The number of hydrogen-bond donors (Lipinski definition) is 1. The van der Waals surface area contributed by atoms with Gasteiger partial charge in [0.15, 0.2) is 0 Å². The second-order valence-electron chi connectivity index (χ2n) is 3.56. The van der Waals surface area contributed by atoms with Gasteiger partial charge in [0.2, 0.25) is 0 Å². The van der Waals surface area contributed by atoms with Gasteiger partial charge in [-0.05, 0) is 25.5 Å². The second kappa shape index (κ2) is 3.91. The van der Waals surface area contributed by atoms with Crippen molar-refractivity contribution in [3.05, 3.63) is 21.3 Å². The van der Waals surface area contributed by atoms with Crippen LogP contribution >= 0.6 is 22.9 Å². The Morgan fingerprint density at radius 1 is 1.57 bits per heavy atom. The van der Waals surface area contributed by atoms with Gasteiger partial charge in [0.25, 0.3) is 0 Å². The molecule has 4 heteroatoms. The van der Waals surface area contributed by atoms with Crippen LogP contribution in [0.5, 0.6) is 0 Å². The van der Waals surface area contributed by atoms with E-state index < -0.39 is 0 Å². The van der Waals surface area contributed by atoms with E-state index in [0.717, 1.165) is 29.6 Å². The van der Waals surface area contributed by atoms with Gasteiger partial charge in [-0.25, -0.2) is 0 Å². The molecule has 76 valence electrons. The minimum Gasteiger partial charge on any atom is -0.353 e. The third kappa shape index (κ3) is 1.79. The molecule has 0 aliphatic carbocycles. The number of thiophene rings is 1. The standard InChI is InChI=1S/C10H13ClN2S/c1-7(8-4-5-9(11)14-8)13-6-2-3-10(13)12/h4-5,7,12H,2-3,6H2,1H3. The highest BCUT2D eigenvalue weighted by molar-refractivity contribution is 7.16. The van der Waals surface area contributed by atoms with Crippen LogP contribution in [0.25, 0.3) is 0 Å². The van der Waals surface area contributed by atoms with Crippen LogP contribution in [0.1, 0.15) is 30.7 Å². The van der Waals surface area contributed by atoms with Crippen LogP contribution in [0.4, 0.5) is 0 Å². The quantitative estimate of drug-likeness (QED) is 0.824. The number of nitrogens with one attached hydrogen (secondary N) is 1. The fraction of sp³-hybridized carbons (Fsp3) is 0.500. The van der Waals surface area contributed by atoms with Gasteiger partial charge in [-0.3, -0.25) is 5.41 Å². The minimum atomic E-state index is 0.308. The number of rotatable bonds is 2. The Bertz CT molecular complexity index is 348. The maximum Gasteiger partial charge on any atom is 0.0963 e. The molecule has 2 rings (SSSR count). The summed E-state index contributed by atoms with van der Waals surface area (Å²) in [6.45, 7) is 3.15. The third-order valence-corrected chi connectivity index (χ3v) is 4.03. The van der Waals surface area contributed by atoms with Crippen LogP contribution < -0.4 is 0 Å². The first-order chi connectivity index (χ1) is 6.68. The summed E-state index contributed by atoms with van der Waals surface area (Å²) in [5.41, 5.74) is 0. The van der Waals surface area contributed by atoms with Gasteiger partial charge >= 0.3 is 0 Å². The van der Waals surface area contributed by atoms with Crippen LogP contribution in [0.2, 0.25) is 4.34 Å². The first-order valence-electron chi connectivity index (χ1n) is 4.78. The summed E-state index contributed by atoms with van der Waals surface area (Å²) in [4.78, 5) is 3.41. The van der Waals surface area contributed by atoms with Crippen molar-refractivity contribution >= 4 is 28.8 Å². The van der Waals surface area contributed by atoms with E-state index >= 15 is 0 Å². The molecule has 2 heterocycles. The topological polar surface area (TPSA) is 27.1 Å². The molecule has 1 aromatic heterocycles. The second-order valence-corrected chi connectivity index (χ2v) is 5.31. The number of amidine groups is 1. The summed E-state index contributed by atoms with van der Waals surface area (Å²) in [6, 6.07) is 4.29. The predicted molar refractivity (Wildman–Crippen MR) is 61.4 cm³/mol. The van der Waals surface area contributed by atoms with Crippen molar-refractivity contribution in [1.29, 1.82) is 5.41 Å². The molecular formula is C10H13ClN2S. The van der Waals surface area contributed by atoms with E-state index in [1.807, 2.05) is 6.07 Å². The molecular weight excluding hydrogens is 216 g/mol. The van der Waals surface area contributed by atoms with Crippen molar-refractivity contribution in [2.75, 3.05) is 6.54 Å². The highest BCUT2D eigenvalue weighted by Gasteiger charge is 2.23. The van der Waals surface area contributed by atoms with Crippen molar-refractivity contribution in [2.24, 2.45) is 0 Å². The molecule has 1 fully saturated rings. The molecule has 0 amide bonds. The Labute approximate surface area is 93.0 Å². The van der Waals surface area contributed by atoms with Crippen molar-refractivity contribution in [2.45, 2.75) is 25.8 Å². The van der Waals surface area contributed by atoms with Crippen molar-refractivity contribution in [1.82, 2.24) is 4.90 Å². The Morgan fingerprint density at radius 2 is 2.36 bits per heavy atom. The predicted octanol–water partition coefficient (Wildman–Crippen LogP) is 3.54. The SMILES string of the molecule is CC(c1ccc(Cl)s1)N1CCCC1=N. The molecule has 1 aliphatic rings. The lowest BCUT2D eigenvalue weighted by Gasteiger charge is -2.24. The zero-order chi connectivity index (χ0) is 10.1. The molecule has 0 aromatic carbocycles. The molecule has 1 unspecified atom stereocenters. The Morgan fingerprint density at radius 3 is 2.86 bits per heavy atom. The summed E-state index contributed by atoms with van der Waals surface area (Å²) < 4.78 is 0.831. The zero-order valence-electron chi connectivity index (χ0n) is 8.09. The van der Waals surface area contributed by atoms with E-state index in [-0.39, 0.29) is 0 Å². The van der Waals surface area contributed by atoms with Gasteiger partial charge in [0.1, 0.15) is 0 Å². The van der Waals surface area contributed by atoms with Gasteiger partial charge in [-0.15, -0.1) is 11.3 Å². The molecule has 1 atom stereocenters. The van der Waals surface area contributed by atoms with E-state index in [1.54, 1.807) is 11.3 Å². The molecule has 0 radical (unpaired) electrons. The third-order valence-electron chi connectivity index (χ3n) is 2.63. The molecule has 14 heavy (non-hydrogen) atoms. The van der Waals surface area contributed by atoms with E-state index in [9.17, 15) is 0 Å². The lowest BCUT2D eigenvalue weighted by atomic mass is 10.2. The lowest BCUT2D eigenvalue weighted by molar-refractivity contribution is 0.367. The Balaban J connectivity index is 2.15. The van der Waals surface area contributed by atoms with Gasteiger partial charge < -0.3 is 4.90 Å². The monoisotopic (exact) mass is 228 g/mol. The van der Waals surface area contributed by atoms with Crippen LogP contribution in [-0.4, -0.2) is 17.3 Å². The molecule has 1 aromatic rings. The zero-order valence-corrected chi connectivity index (χ0v) is 9.66. The highest BCUT2D eigenvalue weighted by atomic mass is 35.5. The number of likely N-dealkylation sites (tertiary alicyclic amines) is 1. The molecule has 0 bridgehead atoms. The van der Waals surface area contributed by atoms with Crippen molar-refractivity contribution in [3.63, 3.8) is 0 Å². The molecule has 1 aliphatic heterocycles. The van der Waals surface area contributed by atoms with E-state index in [1.165, 1.54) is 4.88 Å². The average Bonchev–Trinajstić information content (AvgIpc) is 2.73. The van der Waals surface area contributed by atoms with Gasteiger partial charge in [0.05, 0.1) is 16.2 Å².